The average molecular weight is 438 g/mol. The molecule has 0 aliphatic carbocycles. The Morgan fingerprint density at radius 1 is 1.12 bits per heavy atom. The summed E-state index contributed by atoms with van der Waals surface area (Å²) in [7, 11) is 0. The normalized spacial score (nSPS) is 21.4. The van der Waals surface area contributed by atoms with E-state index in [9.17, 15) is 9.18 Å². The maximum absolute atomic E-state index is 14.1. The monoisotopic (exact) mass is 437 g/mol. The second-order valence-electron chi connectivity index (χ2n) is 8.80. The molecule has 0 spiro atoms. The zero-order valence-electron chi connectivity index (χ0n) is 18.1. The molecule has 5 rings (SSSR count). The van der Waals surface area contributed by atoms with Crippen LogP contribution in [0.5, 0.6) is 0 Å². The topological polar surface area (TPSA) is 56.1 Å². The Morgan fingerprint density at radius 3 is 2.84 bits per heavy atom. The molecular formula is C25H28FN3O3. The Balaban J connectivity index is 1.40. The molecule has 2 aliphatic rings. The molecule has 0 radical (unpaired) electrons. The van der Waals surface area contributed by atoms with Gasteiger partial charge in [-0.25, -0.2) is 8.91 Å². The molecular weight excluding hydrogens is 409 g/mol. The van der Waals surface area contributed by atoms with Crippen LogP contribution < -0.4 is 0 Å². The Morgan fingerprint density at radius 2 is 2.00 bits per heavy atom. The number of pyridine rings is 1. The van der Waals surface area contributed by atoms with Crippen molar-refractivity contribution in [1.82, 2.24) is 14.5 Å². The van der Waals surface area contributed by atoms with E-state index in [0.717, 1.165) is 17.5 Å². The van der Waals surface area contributed by atoms with Crippen LogP contribution in [0.4, 0.5) is 4.39 Å². The van der Waals surface area contributed by atoms with Crippen LogP contribution in [-0.2, 0) is 26.1 Å². The first-order valence-corrected chi connectivity index (χ1v) is 11.3. The maximum atomic E-state index is 14.1. The predicted octanol–water partition coefficient (Wildman–Crippen LogP) is 3.24. The minimum absolute atomic E-state index is 0.0597. The quantitative estimate of drug-likeness (QED) is 0.629. The van der Waals surface area contributed by atoms with Crippen LogP contribution in [0.3, 0.4) is 0 Å². The van der Waals surface area contributed by atoms with Gasteiger partial charge >= 0.3 is 0 Å². The van der Waals surface area contributed by atoms with E-state index in [1.165, 1.54) is 17.7 Å². The van der Waals surface area contributed by atoms with Crippen LogP contribution in [0.25, 0.3) is 5.52 Å². The van der Waals surface area contributed by atoms with Crippen LogP contribution in [0, 0.1) is 11.7 Å². The minimum atomic E-state index is -0.749. The Kier molecular flexibility index (Phi) is 5.93. The molecule has 1 amide bonds. The first-order chi connectivity index (χ1) is 15.7. The van der Waals surface area contributed by atoms with Gasteiger partial charge in [0, 0.05) is 44.6 Å². The molecule has 4 heterocycles. The van der Waals surface area contributed by atoms with Gasteiger partial charge in [0.15, 0.2) is 0 Å². The molecule has 2 aromatic heterocycles. The summed E-state index contributed by atoms with van der Waals surface area (Å²) >= 11 is 0. The molecule has 0 unspecified atom stereocenters. The second kappa shape index (κ2) is 9.00. The van der Waals surface area contributed by atoms with E-state index < -0.39 is 5.41 Å². The molecule has 1 atom stereocenters. The number of carbonyl (C=O) groups excluding carboxylic acids is 1. The standard InChI is InChI=1S/C25H28FN3O3/c26-22-5-1-4-21(16-22)25(7-12-31-13-8-25)24(30)28-11-14-32-18-19(17-28)15-20-3-2-10-29-23(20)6-9-27-29/h1-6,9-10,16,19H,7-8,11-15,17-18H2/t19-/m0/s1. The fourth-order valence-electron chi connectivity index (χ4n) is 5.12. The average Bonchev–Trinajstić information content (AvgIpc) is 3.19. The summed E-state index contributed by atoms with van der Waals surface area (Å²) in [5.74, 6) is -0.0800. The highest BCUT2D eigenvalue weighted by molar-refractivity contribution is 5.88. The molecule has 6 nitrogen and oxygen atoms in total. The molecule has 0 N–H and O–H groups in total. The second-order valence-corrected chi connectivity index (χ2v) is 8.80. The number of rotatable bonds is 4. The summed E-state index contributed by atoms with van der Waals surface area (Å²) in [5, 5.41) is 4.32. The number of ether oxygens (including phenoxy) is 2. The third kappa shape index (κ3) is 4.02. The van der Waals surface area contributed by atoms with Gasteiger partial charge in [0.2, 0.25) is 5.91 Å². The number of benzene rings is 1. The number of aromatic nitrogens is 2. The smallest absolute Gasteiger partial charge is 0.233 e. The van der Waals surface area contributed by atoms with E-state index in [1.807, 2.05) is 33.8 Å². The Hall–Kier alpha value is -2.77. The van der Waals surface area contributed by atoms with Gasteiger partial charge in [-0.05, 0) is 54.7 Å². The van der Waals surface area contributed by atoms with Crippen molar-refractivity contribution in [3.05, 3.63) is 71.8 Å². The Bertz CT molecular complexity index is 1090. The first-order valence-electron chi connectivity index (χ1n) is 11.3. The van der Waals surface area contributed by atoms with Crippen molar-refractivity contribution in [1.29, 1.82) is 0 Å². The highest BCUT2D eigenvalue weighted by atomic mass is 19.1. The van der Waals surface area contributed by atoms with Crippen molar-refractivity contribution < 1.29 is 18.7 Å². The van der Waals surface area contributed by atoms with Gasteiger partial charge in [-0.15, -0.1) is 0 Å². The first kappa shape index (κ1) is 21.1. The van der Waals surface area contributed by atoms with Gasteiger partial charge in [0.1, 0.15) is 5.82 Å². The summed E-state index contributed by atoms with van der Waals surface area (Å²) in [6, 6.07) is 12.6. The molecule has 2 fully saturated rings. The molecule has 0 saturated carbocycles. The van der Waals surface area contributed by atoms with E-state index in [0.29, 0.717) is 52.4 Å². The number of fused-ring (bicyclic) bond motifs is 1. The molecule has 2 saturated heterocycles. The summed E-state index contributed by atoms with van der Waals surface area (Å²) in [5.41, 5.74) is 2.27. The lowest BCUT2D eigenvalue weighted by molar-refractivity contribution is -0.141. The highest BCUT2D eigenvalue weighted by Crippen LogP contribution is 2.37. The number of carbonyl (C=O) groups is 1. The van der Waals surface area contributed by atoms with Crippen LogP contribution >= 0.6 is 0 Å². The van der Waals surface area contributed by atoms with E-state index >= 15 is 0 Å². The molecule has 32 heavy (non-hydrogen) atoms. The predicted molar refractivity (Wildman–Crippen MR) is 118 cm³/mol. The fourth-order valence-corrected chi connectivity index (χ4v) is 5.12. The maximum Gasteiger partial charge on any atom is 0.233 e. The zero-order chi connectivity index (χ0) is 22.0. The summed E-state index contributed by atoms with van der Waals surface area (Å²) in [4.78, 5) is 15.9. The van der Waals surface area contributed by atoms with Crippen LogP contribution in [0.15, 0.2) is 54.9 Å². The number of nitrogens with zero attached hydrogens (tertiary/aromatic N) is 3. The van der Waals surface area contributed by atoms with Crippen molar-refractivity contribution in [2.75, 3.05) is 39.5 Å². The van der Waals surface area contributed by atoms with E-state index in [1.54, 1.807) is 12.3 Å². The lowest BCUT2D eigenvalue weighted by Crippen LogP contribution is -2.51. The zero-order valence-corrected chi connectivity index (χ0v) is 18.1. The van der Waals surface area contributed by atoms with Gasteiger partial charge < -0.3 is 14.4 Å². The fraction of sp³-hybridized carbons (Fsp3) is 0.440. The number of hydrogen-bond donors (Lipinski definition) is 0. The molecule has 168 valence electrons. The van der Waals surface area contributed by atoms with Crippen molar-refractivity contribution in [3.8, 4) is 0 Å². The van der Waals surface area contributed by atoms with E-state index in [2.05, 4.69) is 11.2 Å². The summed E-state index contributed by atoms with van der Waals surface area (Å²) in [6.07, 6.45) is 5.66. The molecule has 0 bridgehead atoms. The van der Waals surface area contributed by atoms with Crippen LogP contribution in [0.2, 0.25) is 0 Å². The van der Waals surface area contributed by atoms with E-state index in [4.69, 9.17) is 9.47 Å². The van der Waals surface area contributed by atoms with Crippen molar-refractivity contribution in [2.45, 2.75) is 24.7 Å². The number of hydrogen-bond acceptors (Lipinski definition) is 4. The highest BCUT2D eigenvalue weighted by Gasteiger charge is 2.44. The van der Waals surface area contributed by atoms with Gasteiger partial charge in [-0.1, -0.05) is 18.2 Å². The number of amides is 1. The third-order valence-electron chi connectivity index (χ3n) is 6.79. The molecule has 2 aliphatic heterocycles. The molecule has 1 aromatic carbocycles. The SMILES string of the molecule is O=C(N1CCOC[C@@H](Cc2cccn3nccc23)C1)C1(c2cccc(F)c2)CCOCC1. The van der Waals surface area contributed by atoms with Gasteiger partial charge in [-0.3, -0.25) is 4.79 Å². The van der Waals surface area contributed by atoms with Gasteiger partial charge in [0.05, 0.1) is 24.1 Å². The van der Waals surface area contributed by atoms with Crippen molar-refractivity contribution in [2.24, 2.45) is 5.92 Å². The minimum Gasteiger partial charge on any atom is -0.381 e. The van der Waals surface area contributed by atoms with E-state index in [-0.39, 0.29) is 17.6 Å². The van der Waals surface area contributed by atoms with Crippen molar-refractivity contribution >= 4 is 11.4 Å². The lowest BCUT2D eigenvalue weighted by atomic mass is 9.72. The molecule has 7 heteroatoms. The molecule has 3 aromatic rings. The van der Waals surface area contributed by atoms with Crippen LogP contribution in [-0.4, -0.2) is 59.9 Å². The van der Waals surface area contributed by atoms with Gasteiger partial charge in [-0.2, -0.15) is 5.10 Å². The third-order valence-corrected chi connectivity index (χ3v) is 6.79. The largest absolute Gasteiger partial charge is 0.381 e. The Labute approximate surface area is 186 Å². The van der Waals surface area contributed by atoms with Gasteiger partial charge in [0.25, 0.3) is 0 Å². The lowest BCUT2D eigenvalue weighted by Gasteiger charge is -2.40. The summed E-state index contributed by atoms with van der Waals surface area (Å²) < 4.78 is 27.4. The van der Waals surface area contributed by atoms with Crippen molar-refractivity contribution in [3.63, 3.8) is 0 Å². The number of halogens is 1. The summed E-state index contributed by atoms with van der Waals surface area (Å²) in [6.45, 7) is 3.28. The van der Waals surface area contributed by atoms with Crippen LogP contribution in [0.1, 0.15) is 24.0 Å².